The van der Waals surface area contributed by atoms with Crippen LogP contribution in [0.5, 0.6) is 0 Å². The van der Waals surface area contributed by atoms with Gasteiger partial charge in [0.05, 0.1) is 11.2 Å². The van der Waals surface area contributed by atoms with Crippen LogP contribution < -0.4 is 5.46 Å². The Labute approximate surface area is 335 Å². The van der Waals surface area contributed by atoms with Crippen LogP contribution in [0.1, 0.15) is 42.5 Å². The van der Waals surface area contributed by atoms with E-state index >= 15 is 0 Å². The quantitative estimate of drug-likeness (QED) is 0.127. The van der Waals surface area contributed by atoms with Crippen LogP contribution in [-0.4, -0.2) is 28.3 Å². The summed E-state index contributed by atoms with van der Waals surface area (Å²) in [5, 5.41) is 2.04. The highest BCUT2D eigenvalue weighted by Crippen LogP contribution is 2.37. The molecule has 0 N–H and O–H groups in total. The van der Waals surface area contributed by atoms with Crippen molar-refractivity contribution in [2.45, 2.75) is 53.8 Å². The molecule has 1 fully saturated rings. The Kier molecular flexibility index (Phi) is 12.4. The standard InChI is InChI=1S/C17H18BNO3.C17H10BrNO.C6H4BrI.2CH4/c1-16(2)17(3,4)22-18(21-16)11-7-8-13-12(10-11)15-14(20-13)6-5-9-19-15;18-13-4-1-3-11(9-13)12-6-7-15-14(10-12)17-16(20-15)5-2-8-19-17;7-5-2-1-3-6(8)4-5;;/h5-10H,1-4H3;1-10H;1-4H;2*1H4. The minimum atomic E-state index is -0.372. The van der Waals surface area contributed by atoms with Gasteiger partial charge in [0.15, 0.2) is 11.2 Å². The van der Waals surface area contributed by atoms with Crippen molar-refractivity contribution in [2.24, 2.45) is 0 Å². The second-order valence-corrected chi connectivity index (χ2v) is 16.0. The summed E-state index contributed by atoms with van der Waals surface area (Å²) < 4.78 is 27.3. The van der Waals surface area contributed by atoms with Crippen molar-refractivity contribution in [1.82, 2.24) is 9.97 Å². The molecule has 10 heteroatoms. The Balaban J connectivity index is 0.000000162. The minimum absolute atomic E-state index is 0. The number of pyridine rings is 2. The van der Waals surface area contributed by atoms with E-state index in [1.807, 2.05) is 66.7 Å². The third kappa shape index (κ3) is 8.31. The van der Waals surface area contributed by atoms with Crippen LogP contribution in [0.4, 0.5) is 0 Å². The van der Waals surface area contributed by atoms with Gasteiger partial charge < -0.3 is 18.1 Å². The number of fused-ring (bicyclic) bond motifs is 6. The highest BCUT2D eigenvalue weighted by Gasteiger charge is 2.51. The Morgan fingerprint density at radius 2 is 1.08 bits per heavy atom. The molecular formula is C42H40BBr2IN2O4. The fraction of sp³-hybridized carbons (Fsp3) is 0.190. The fourth-order valence-electron chi connectivity index (χ4n) is 5.65. The average Bonchev–Trinajstić information content (AvgIpc) is 3.72. The Hall–Kier alpha value is -3.55. The van der Waals surface area contributed by atoms with Crippen LogP contribution in [0, 0.1) is 3.57 Å². The van der Waals surface area contributed by atoms with Gasteiger partial charge in [-0.15, -0.1) is 0 Å². The van der Waals surface area contributed by atoms with Crippen molar-refractivity contribution < 1.29 is 18.1 Å². The number of hydrogen-bond donors (Lipinski definition) is 0. The first-order valence-corrected chi connectivity index (χ1v) is 18.7. The molecule has 1 aliphatic heterocycles. The van der Waals surface area contributed by atoms with Crippen LogP contribution in [0.3, 0.4) is 0 Å². The summed E-state index contributed by atoms with van der Waals surface area (Å²) in [6.07, 6.45) is 3.57. The molecule has 1 aliphatic rings. The summed E-state index contributed by atoms with van der Waals surface area (Å²) in [5.74, 6) is 0. The topological polar surface area (TPSA) is 70.5 Å². The third-order valence-electron chi connectivity index (χ3n) is 8.94. The van der Waals surface area contributed by atoms with Gasteiger partial charge in [-0.3, -0.25) is 9.97 Å². The van der Waals surface area contributed by atoms with Crippen LogP contribution in [0.25, 0.3) is 55.3 Å². The fourth-order valence-corrected chi connectivity index (χ4v) is 7.42. The maximum atomic E-state index is 6.11. The molecule has 0 spiro atoms. The Bertz CT molecular complexity index is 2450. The highest BCUT2D eigenvalue weighted by molar-refractivity contribution is 14.1. The lowest BCUT2D eigenvalue weighted by atomic mass is 9.78. The third-order valence-corrected chi connectivity index (χ3v) is 10.6. The van der Waals surface area contributed by atoms with E-state index < -0.39 is 0 Å². The zero-order chi connectivity index (χ0) is 35.0. The van der Waals surface area contributed by atoms with Gasteiger partial charge in [-0.1, -0.05) is 77.0 Å². The summed E-state index contributed by atoms with van der Waals surface area (Å²) in [4.78, 5) is 8.84. The average molecular weight is 934 g/mol. The lowest BCUT2D eigenvalue weighted by Gasteiger charge is -2.32. The largest absolute Gasteiger partial charge is 0.494 e. The van der Waals surface area contributed by atoms with Crippen molar-refractivity contribution >= 4 is 111 Å². The van der Waals surface area contributed by atoms with Crippen molar-refractivity contribution in [3.05, 3.63) is 134 Å². The Morgan fingerprint density at radius 3 is 1.62 bits per heavy atom. The number of rotatable bonds is 2. The normalized spacial score (nSPS) is 14.2. The van der Waals surface area contributed by atoms with Gasteiger partial charge in [0.1, 0.15) is 22.2 Å². The molecule has 5 heterocycles. The summed E-state index contributed by atoms with van der Waals surface area (Å²) in [6, 6.07) is 36.3. The first kappa shape index (κ1) is 39.7. The lowest BCUT2D eigenvalue weighted by molar-refractivity contribution is 0.00578. The molecule has 0 atom stereocenters. The molecule has 52 heavy (non-hydrogen) atoms. The number of benzene rings is 4. The first-order valence-electron chi connectivity index (χ1n) is 16.0. The monoisotopic (exact) mass is 932 g/mol. The minimum Gasteiger partial charge on any atom is -0.454 e. The maximum Gasteiger partial charge on any atom is 0.494 e. The molecule has 0 bridgehead atoms. The molecule has 0 saturated carbocycles. The van der Waals surface area contributed by atoms with Gasteiger partial charge in [-0.25, -0.2) is 0 Å². The zero-order valence-corrected chi connectivity index (χ0v) is 33.1. The molecule has 0 amide bonds. The van der Waals surface area contributed by atoms with Gasteiger partial charge in [0, 0.05) is 35.7 Å². The van der Waals surface area contributed by atoms with Crippen molar-refractivity contribution in [3.8, 4) is 11.1 Å². The molecule has 0 unspecified atom stereocenters. The number of aromatic nitrogens is 2. The van der Waals surface area contributed by atoms with Gasteiger partial charge in [-0.2, -0.15) is 0 Å². The van der Waals surface area contributed by atoms with E-state index in [-0.39, 0.29) is 33.2 Å². The van der Waals surface area contributed by atoms with E-state index in [1.165, 1.54) is 9.13 Å². The SMILES string of the molecule is Brc1cccc(-c2ccc3oc4cccnc4c3c2)c1.Brc1cccc(I)c1.C.C.CC1(C)OB(c2ccc3oc4cccnc4c3c2)OC1(C)C. The van der Waals surface area contributed by atoms with Crippen molar-refractivity contribution in [2.75, 3.05) is 0 Å². The smallest absolute Gasteiger partial charge is 0.454 e. The highest BCUT2D eigenvalue weighted by atomic mass is 127. The number of furan rings is 2. The number of nitrogens with zero attached hydrogens (tertiary/aromatic N) is 2. The molecule has 4 aromatic carbocycles. The summed E-state index contributed by atoms with van der Waals surface area (Å²) in [5.41, 5.74) is 7.74. The van der Waals surface area contributed by atoms with Crippen LogP contribution >= 0.6 is 54.5 Å². The van der Waals surface area contributed by atoms with E-state index in [1.54, 1.807) is 12.4 Å². The summed E-state index contributed by atoms with van der Waals surface area (Å²) in [7, 11) is -0.372. The van der Waals surface area contributed by atoms with Crippen LogP contribution in [0.2, 0.25) is 0 Å². The molecule has 9 rings (SSSR count). The number of halogens is 3. The zero-order valence-electron chi connectivity index (χ0n) is 27.8. The maximum absolute atomic E-state index is 6.11. The van der Waals surface area contributed by atoms with Gasteiger partial charge in [-0.05, 0) is 146 Å². The molecule has 6 nitrogen and oxygen atoms in total. The van der Waals surface area contributed by atoms with E-state index in [9.17, 15) is 0 Å². The molecule has 1 saturated heterocycles. The molecule has 4 aromatic heterocycles. The van der Waals surface area contributed by atoms with Gasteiger partial charge in [0.2, 0.25) is 0 Å². The number of hydrogen-bond acceptors (Lipinski definition) is 6. The molecule has 266 valence electrons. The predicted octanol–water partition coefficient (Wildman–Crippen LogP) is 13.0. The van der Waals surface area contributed by atoms with E-state index in [4.69, 9.17) is 18.1 Å². The van der Waals surface area contributed by atoms with E-state index in [0.29, 0.717) is 0 Å². The van der Waals surface area contributed by atoms with Gasteiger partial charge in [0.25, 0.3) is 0 Å². The first-order chi connectivity index (χ1) is 24.0. The van der Waals surface area contributed by atoms with Gasteiger partial charge >= 0.3 is 7.12 Å². The second kappa shape index (κ2) is 16.2. The summed E-state index contributed by atoms with van der Waals surface area (Å²) >= 11 is 9.14. The molecular weight excluding hydrogens is 894 g/mol. The molecule has 0 aliphatic carbocycles. The predicted molar refractivity (Wildman–Crippen MR) is 232 cm³/mol. The van der Waals surface area contributed by atoms with Crippen LogP contribution in [0.15, 0.2) is 139 Å². The second-order valence-electron chi connectivity index (χ2n) is 12.9. The lowest BCUT2D eigenvalue weighted by Crippen LogP contribution is -2.41. The van der Waals surface area contributed by atoms with Crippen molar-refractivity contribution in [1.29, 1.82) is 0 Å². The van der Waals surface area contributed by atoms with E-state index in [2.05, 4.69) is 135 Å². The van der Waals surface area contributed by atoms with Crippen LogP contribution in [-0.2, 0) is 9.31 Å². The van der Waals surface area contributed by atoms with Crippen molar-refractivity contribution in [3.63, 3.8) is 0 Å². The molecule has 8 aromatic rings. The summed E-state index contributed by atoms with van der Waals surface area (Å²) in [6.45, 7) is 8.22. The van der Waals surface area contributed by atoms with E-state index in [0.717, 1.165) is 64.1 Å². The molecule has 0 radical (unpaired) electrons. The Morgan fingerprint density at radius 1 is 0.558 bits per heavy atom.